The zero-order valence-corrected chi connectivity index (χ0v) is 11.2. The molecule has 0 aliphatic heterocycles. The van der Waals surface area contributed by atoms with Crippen LogP contribution in [0.2, 0.25) is 0 Å². The minimum atomic E-state index is -4.27. The lowest BCUT2D eigenvalue weighted by Gasteiger charge is -2.07. The zero-order chi connectivity index (χ0) is 13.0. The zero-order valence-electron chi connectivity index (χ0n) is 8.00. The van der Waals surface area contributed by atoms with Crippen LogP contribution in [0.4, 0.5) is 13.2 Å². The standard InChI is InChI=1S/C8H5Br2F3N2O2/c9-5-4(6(16)17)14-7(10)15(5)3-1-2(3)8(11,12)13/h2-3H,1H2,(H,16,17)/t2?,3-/m0/s1. The molecule has 94 valence electrons. The lowest BCUT2D eigenvalue weighted by Crippen LogP contribution is -2.13. The minimum absolute atomic E-state index is 0.0497. The maximum Gasteiger partial charge on any atom is 0.393 e. The molecule has 0 saturated heterocycles. The lowest BCUT2D eigenvalue weighted by molar-refractivity contribution is -0.150. The van der Waals surface area contributed by atoms with Gasteiger partial charge in [-0.15, -0.1) is 0 Å². The Morgan fingerprint density at radius 2 is 2.06 bits per heavy atom. The Morgan fingerprint density at radius 3 is 2.41 bits per heavy atom. The highest BCUT2D eigenvalue weighted by molar-refractivity contribution is 9.11. The van der Waals surface area contributed by atoms with Gasteiger partial charge in [0.25, 0.3) is 0 Å². The molecule has 1 aromatic rings. The van der Waals surface area contributed by atoms with Crippen molar-refractivity contribution in [3.63, 3.8) is 0 Å². The first kappa shape index (κ1) is 12.9. The summed E-state index contributed by atoms with van der Waals surface area (Å²) in [4.78, 5) is 14.4. The molecule has 1 aliphatic carbocycles. The van der Waals surface area contributed by atoms with Crippen molar-refractivity contribution < 1.29 is 23.1 Å². The highest BCUT2D eigenvalue weighted by Gasteiger charge is 2.57. The number of carboxylic acids is 1. The summed E-state index contributed by atoms with van der Waals surface area (Å²) in [6.07, 6.45) is -4.33. The molecule has 9 heteroatoms. The maximum atomic E-state index is 12.4. The summed E-state index contributed by atoms with van der Waals surface area (Å²) in [6.45, 7) is 0. The predicted octanol–water partition coefficient (Wildman–Crippen LogP) is 3.23. The van der Waals surface area contributed by atoms with Crippen LogP contribution in [0.1, 0.15) is 23.0 Å². The van der Waals surface area contributed by atoms with Crippen molar-refractivity contribution in [3.05, 3.63) is 15.0 Å². The number of nitrogens with zero attached hydrogens (tertiary/aromatic N) is 2. The van der Waals surface area contributed by atoms with Crippen LogP contribution in [-0.4, -0.2) is 26.8 Å². The van der Waals surface area contributed by atoms with Gasteiger partial charge >= 0.3 is 12.1 Å². The number of imidazole rings is 1. The van der Waals surface area contributed by atoms with Crippen LogP contribution in [0.25, 0.3) is 0 Å². The normalized spacial score (nSPS) is 23.8. The fourth-order valence-electron chi connectivity index (χ4n) is 1.62. The quantitative estimate of drug-likeness (QED) is 0.860. The van der Waals surface area contributed by atoms with E-state index in [2.05, 4.69) is 36.8 Å². The number of halogens is 5. The molecule has 2 atom stereocenters. The first-order chi connectivity index (χ1) is 7.73. The number of carboxylic acid groups (broad SMARTS) is 1. The van der Waals surface area contributed by atoms with E-state index in [1.807, 2.05) is 0 Å². The van der Waals surface area contributed by atoms with Gasteiger partial charge in [0.05, 0.1) is 5.92 Å². The van der Waals surface area contributed by atoms with E-state index in [-0.39, 0.29) is 21.5 Å². The predicted molar refractivity (Wildman–Crippen MR) is 57.8 cm³/mol. The monoisotopic (exact) mass is 376 g/mol. The second-order valence-corrected chi connectivity index (χ2v) is 5.11. The molecule has 17 heavy (non-hydrogen) atoms. The summed E-state index contributed by atoms with van der Waals surface area (Å²) < 4.78 is 38.6. The third kappa shape index (κ3) is 2.22. The van der Waals surface area contributed by atoms with Crippen molar-refractivity contribution in [2.45, 2.75) is 18.6 Å². The van der Waals surface area contributed by atoms with Gasteiger partial charge in [-0.2, -0.15) is 13.2 Å². The molecule has 0 amide bonds. The number of rotatable bonds is 2. The van der Waals surface area contributed by atoms with Crippen LogP contribution in [0.5, 0.6) is 0 Å². The second-order valence-electron chi connectivity index (χ2n) is 3.65. The van der Waals surface area contributed by atoms with Gasteiger partial charge in [0.1, 0.15) is 4.60 Å². The molecule has 4 nitrogen and oxygen atoms in total. The third-order valence-electron chi connectivity index (χ3n) is 2.52. The maximum absolute atomic E-state index is 12.4. The van der Waals surface area contributed by atoms with Gasteiger partial charge in [-0.3, -0.25) is 0 Å². The molecule has 1 fully saturated rings. The molecule has 2 rings (SSSR count). The van der Waals surface area contributed by atoms with Crippen LogP contribution in [-0.2, 0) is 0 Å². The number of aromatic carboxylic acids is 1. The average molecular weight is 378 g/mol. The molecule has 1 aliphatic rings. The Hall–Kier alpha value is -0.570. The van der Waals surface area contributed by atoms with Gasteiger partial charge in [0.15, 0.2) is 10.4 Å². The summed E-state index contributed by atoms with van der Waals surface area (Å²) >= 11 is 5.92. The number of hydrogen-bond acceptors (Lipinski definition) is 2. The molecule has 0 spiro atoms. The van der Waals surface area contributed by atoms with Crippen molar-refractivity contribution in [2.24, 2.45) is 5.92 Å². The second kappa shape index (κ2) is 3.98. The van der Waals surface area contributed by atoms with Crippen molar-refractivity contribution in [1.29, 1.82) is 0 Å². The van der Waals surface area contributed by atoms with E-state index < -0.39 is 24.1 Å². The van der Waals surface area contributed by atoms with Gasteiger partial charge in [-0.25, -0.2) is 9.78 Å². The largest absolute Gasteiger partial charge is 0.476 e. The molecule has 1 saturated carbocycles. The van der Waals surface area contributed by atoms with Gasteiger partial charge in [0.2, 0.25) is 0 Å². The van der Waals surface area contributed by atoms with E-state index in [4.69, 9.17) is 5.11 Å². The molecule has 0 aromatic carbocycles. The van der Waals surface area contributed by atoms with E-state index >= 15 is 0 Å². The lowest BCUT2D eigenvalue weighted by atomic mass is 10.4. The molecule has 1 N–H and O–H groups in total. The van der Waals surface area contributed by atoms with Crippen LogP contribution in [0.15, 0.2) is 9.34 Å². The van der Waals surface area contributed by atoms with Gasteiger partial charge < -0.3 is 9.67 Å². The highest BCUT2D eigenvalue weighted by Crippen LogP contribution is 2.55. The summed E-state index contributed by atoms with van der Waals surface area (Å²) in [5.74, 6) is -2.73. The van der Waals surface area contributed by atoms with E-state index in [1.54, 1.807) is 0 Å². The number of alkyl halides is 3. The Morgan fingerprint density at radius 1 is 1.47 bits per heavy atom. The molecule has 1 unspecified atom stereocenters. The SMILES string of the molecule is O=C(O)c1nc(Br)n([C@H]2CC2C(F)(F)F)c1Br. The van der Waals surface area contributed by atoms with Crippen LogP contribution in [0, 0.1) is 5.92 Å². The van der Waals surface area contributed by atoms with Crippen LogP contribution in [0.3, 0.4) is 0 Å². The fraction of sp³-hybridized carbons (Fsp3) is 0.500. The molecule has 1 aromatic heterocycles. The van der Waals surface area contributed by atoms with Crippen LogP contribution >= 0.6 is 31.9 Å². The molecular weight excluding hydrogens is 373 g/mol. The van der Waals surface area contributed by atoms with E-state index in [1.165, 1.54) is 4.57 Å². The Balaban J connectivity index is 2.33. The van der Waals surface area contributed by atoms with Gasteiger partial charge in [-0.05, 0) is 38.3 Å². The Bertz CT molecular complexity index is 486. The highest BCUT2D eigenvalue weighted by atomic mass is 79.9. The number of aromatic nitrogens is 2. The summed E-state index contributed by atoms with van der Waals surface area (Å²) in [5.41, 5.74) is -0.301. The van der Waals surface area contributed by atoms with Crippen LogP contribution < -0.4 is 0 Å². The topological polar surface area (TPSA) is 55.1 Å². The Kier molecular flexibility index (Phi) is 3.01. The number of carbonyl (C=O) groups is 1. The summed E-state index contributed by atoms with van der Waals surface area (Å²) in [7, 11) is 0. The van der Waals surface area contributed by atoms with Crippen molar-refractivity contribution in [3.8, 4) is 0 Å². The van der Waals surface area contributed by atoms with Gasteiger partial charge in [-0.1, -0.05) is 0 Å². The third-order valence-corrected chi connectivity index (χ3v) is 3.84. The molecule has 0 bridgehead atoms. The Labute approximate surface area is 110 Å². The van der Waals surface area contributed by atoms with Crippen molar-refractivity contribution in [2.75, 3.05) is 0 Å². The first-order valence-electron chi connectivity index (χ1n) is 4.46. The van der Waals surface area contributed by atoms with E-state index in [0.29, 0.717) is 0 Å². The van der Waals surface area contributed by atoms with Crippen molar-refractivity contribution >= 4 is 37.8 Å². The molecule has 0 radical (unpaired) electrons. The van der Waals surface area contributed by atoms with E-state index in [9.17, 15) is 18.0 Å². The smallest absolute Gasteiger partial charge is 0.393 e. The number of hydrogen-bond donors (Lipinski definition) is 1. The van der Waals surface area contributed by atoms with E-state index in [0.717, 1.165) is 0 Å². The molecular formula is C8H5Br2F3N2O2. The summed E-state index contributed by atoms with van der Waals surface area (Å²) in [5, 5.41) is 8.78. The fourth-order valence-corrected chi connectivity index (χ4v) is 3.17. The summed E-state index contributed by atoms with van der Waals surface area (Å²) in [6, 6.07) is -0.792. The van der Waals surface area contributed by atoms with Crippen molar-refractivity contribution in [1.82, 2.24) is 9.55 Å². The minimum Gasteiger partial charge on any atom is -0.476 e. The molecule has 1 heterocycles. The van der Waals surface area contributed by atoms with Gasteiger partial charge in [0, 0.05) is 6.04 Å². The average Bonchev–Trinajstić information content (AvgIpc) is 2.88. The first-order valence-corrected chi connectivity index (χ1v) is 6.05.